The van der Waals surface area contributed by atoms with Crippen molar-refractivity contribution in [2.24, 2.45) is 23.2 Å². The van der Waals surface area contributed by atoms with Crippen LogP contribution in [0.1, 0.15) is 58.3 Å². The van der Waals surface area contributed by atoms with Crippen molar-refractivity contribution in [3.05, 3.63) is 0 Å². The standard InChI is InChI=1S/C15H25NO/c1-2-5-16-14(17)15-8-11-3-4-12(9-15)7-13(6-11)10-15/h11-13H,2-10H2,1H3,(H,16,17)/t11-,12+,13?,15?. The highest BCUT2D eigenvalue weighted by atomic mass is 16.2. The van der Waals surface area contributed by atoms with Crippen LogP contribution < -0.4 is 5.32 Å². The van der Waals surface area contributed by atoms with E-state index in [1.54, 1.807) is 0 Å². The Hall–Kier alpha value is -0.530. The molecular formula is C15H25NO. The highest BCUT2D eigenvalue weighted by molar-refractivity contribution is 5.83. The molecule has 4 aliphatic rings. The lowest BCUT2D eigenvalue weighted by atomic mass is 9.58. The molecule has 4 rings (SSSR count). The molecule has 0 spiro atoms. The van der Waals surface area contributed by atoms with Gasteiger partial charge in [0.15, 0.2) is 0 Å². The Morgan fingerprint density at radius 1 is 1.12 bits per heavy atom. The number of carbonyl (C=O) groups excluding carboxylic acids is 1. The van der Waals surface area contributed by atoms with Crippen molar-refractivity contribution >= 4 is 5.91 Å². The largest absolute Gasteiger partial charge is 0.356 e. The fourth-order valence-electron chi connectivity index (χ4n) is 4.90. The molecule has 0 aromatic heterocycles. The van der Waals surface area contributed by atoms with Crippen molar-refractivity contribution in [3.8, 4) is 0 Å². The molecule has 1 N–H and O–H groups in total. The maximum atomic E-state index is 12.5. The average molecular weight is 235 g/mol. The van der Waals surface area contributed by atoms with Crippen LogP contribution in [0.25, 0.3) is 0 Å². The van der Waals surface area contributed by atoms with Crippen LogP contribution in [0.3, 0.4) is 0 Å². The molecule has 17 heavy (non-hydrogen) atoms. The van der Waals surface area contributed by atoms with Crippen molar-refractivity contribution in [1.82, 2.24) is 5.32 Å². The van der Waals surface area contributed by atoms with E-state index in [2.05, 4.69) is 12.2 Å². The Morgan fingerprint density at radius 3 is 2.29 bits per heavy atom. The maximum absolute atomic E-state index is 12.5. The lowest BCUT2D eigenvalue weighted by molar-refractivity contribution is -0.138. The van der Waals surface area contributed by atoms with Crippen molar-refractivity contribution in [3.63, 3.8) is 0 Å². The lowest BCUT2D eigenvalue weighted by Crippen LogP contribution is -2.48. The summed E-state index contributed by atoms with van der Waals surface area (Å²) in [6, 6.07) is 0. The minimum absolute atomic E-state index is 0.0438. The van der Waals surface area contributed by atoms with Crippen LogP contribution in [0.4, 0.5) is 0 Å². The van der Waals surface area contributed by atoms with Crippen molar-refractivity contribution < 1.29 is 4.79 Å². The van der Waals surface area contributed by atoms with Gasteiger partial charge in [0.1, 0.15) is 0 Å². The zero-order valence-electron chi connectivity index (χ0n) is 11.0. The molecular weight excluding hydrogens is 210 g/mol. The summed E-state index contributed by atoms with van der Waals surface area (Å²) in [6.07, 6.45) is 10.2. The molecule has 96 valence electrons. The number of carbonyl (C=O) groups is 1. The highest BCUT2D eigenvalue weighted by Crippen LogP contribution is 2.57. The van der Waals surface area contributed by atoms with Gasteiger partial charge < -0.3 is 5.32 Å². The fourth-order valence-corrected chi connectivity index (χ4v) is 4.90. The first kappa shape index (κ1) is 11.6. The Kier molecular flexibility index (Phi) is 2.92. The molecule has 4 aliphatic carbocycles. The van der Waals surface area contributed by atoms with Crippen LogP contribution in [0.2, 0.25) is 0 Å². The zero-order chi connectivity index (χ0) is 11.9. The van der Waals surface area contributed by atoms with Gasteiger partial charge in [0, 0.05) is 12.0 Å². The van der Waals surface area contributed by atoms with Crippen LogP contribution in [-0.4, -0.2) is 12.5 Å². The van der Waals surface area contributed by atoms with E-state index in [1.807, 2.05) is 0 Å². The summed E-state index contributed by atoms with van der Waals surface area (Å²) in [5.74, 6) is 2.96. The molecule has 2 nitrogen and oxygen atoms in total. The summed E-state index contributed by atoms with van der Waals surface area (Å²) in [7, 11) is 0. The summed E-state index contributed by atoms with van der Waals surface area (Å²) < 4.78 is 0. The molecule has 0 radical (unpaired) electrons. The average Bonchev–Trinajstić information content (AvgIpc) is 2.53. The molecule has 2 unspecified atom stereocenters. The van der Waals surface area contributed by atoms with E-state index in [-0.39, 0.29) is 5.41 Å². The molecule has 1 amide bonds. The summed E-state index contributed by atoms with van der Waals surface area (Å²) >= 11 is 0. The molecule has 4 fully saturated rings. The Labute approximate surface area is 105 Å². The fraction of sp³-hybridized carbons (Fsp3) is 0.933. The smallest absolute Gasteiger partial charge is 0.226 e. The van der Waals surface area contributed by atoms with Gasteiger partial charge in [0.05, 0.1) is 0 Å². The number of hydrogen-bond acceptors (Lipinski definition) is 1. The SMILES string of the molecule is CCCNC(=O)C12CC3C[C@@H](CC[C@@H](C3)C1)C2. The second-order valence-electron chi connectivity index (χ2n) is 6.80. The Bertz CT molecular complexity index is 296. The predicted octanol–water partition coefficient (Wildman–Crippen LogP) is 3.12. The summed E-state index contributed by atoms with van der Waals surface area (Å²) in [6.45, 7) is 2.99. The minimum atomic E-state index is 0.0438. The van der Waals surface area contributed by atoms with Gasteiger partial charge in [-0.25, -0.2) is 0 Å². The molecule has 2 heteroatoms. The molecule has 4 bridgehead atoms. The van der Waals surface area contributed by atoms with E-state index >= 15 is 0 Å². The Morgan fingerprint density at radius 2 is 1.71 bits per heavy atom. The molecule has 4 saturated carbocycles. The van der Waals surface area contributed by atoms with E-state index in [1.165, 1.54) is 44.9 Å². The summed E-state index contributed by atoms with van der Waals surface area (Å²) in [4.78, 5) is 12.5. The molecule has 0 aromatic rings. The number of rotatable bonds is 3. The minimum Gasteiger partial charge on any atom is -0.356 e. The van der Waals surface area contributed by atoms with Crippen molar-refractivity contribution in [2.75, 3.05) is 6.54 Å². The van der Waals surface area contributed by atoms with Gasteiger partial charge >= 0.3 is 0 Å². The van der Waals surface area contributed by atoms with E-state index in [9.17, 15) is 4.79 Å². The first-order chi connectivity index (χ1) is 8.22. The first-order valence-corrected chi connectivity index (χ1v) is 7.50. The van der Waals surface area contributed by atoms with Crippen molar-refractivity contribution in [2.45, 2.75) is 58.3 Å². The van der Waals surface area contributed by atoms with Gasteiger partial charge in [0.25, 0.3) is 0 Å². The number of fused-ring (bicyclic) bond motifs is 1. The van der Waals surface area contributed by atoms with Gasteiger partial charge in [0.2, 0.25) is 5.91 Å². The van der Waals surface area contributed by atoms with Crippen LogP contribution in [0.5, 0.6) is 0 Å². The molecule has 0 saturated heterocycles. The summed E-state index contributed by atoms with van der Waals surface area (Å²) in [5.41, 5.74) is 0.0438. The van der Waals surface area contributed by atoms with Crippen LogP contribution >= 0.6 is 0 Å². The quantitative estimate of drug-likeness (QED) is 0.800. The third-order valence-electron chi connectivity index (χ3n) is 5.37. The predicted molar refractivity (Wildman–Crippen MR) is 68.5 cm³/mol. The van der Waals surface area contributed by atoms with Gasteiger partial charge in [-0.1, -0.05) is 19.8 Å². The normalized spacial score (nSPS) is 43.5. The van der Waals surface area contributed by atoms with E-state index in [4.69, 9.17) is 0 Å². The third-order valence-corrected chi connectivity index (χ3v) is 5.37. The topological polar surface area (TPSA) is 29.1 Å². The number of nitrogens with one attached hydrogen (secondary N) is 1. The molecule has 0 aromatic carbocycles. The second kappa shape index (κ2) is 4.29. The van der Waals surface area contributed by atoms with Gasteiger partial charge in [-0.3, -0.25) is 4.79 Å². The Balaban J connectivity index is 1.79. The molecule has 4 atom stereocenters. The maximum Gasteiger partial charge on any atom is 0.226 e. The number of hydrogen-bond donors (Lipinski definition) is 1. The van der Waals surface area contributed by atoms with Crippen LogP contribution in [-0.2, 0) is 4.79 Å². The van der Waals surface area contributed by atoms with Gasteiger partial charge in [-0.05, 0) is 56.3 Å². The van der Waals surface area contributed by atoms with E-state index in [0.717, 1.165) is 30.7 Å². The van der Waals surface area contributed by atoms with E-state index < -0.39 is 0 Å². The summed E-state index contributed by atoms with van der Waals surface area (Å²) in [5, 5.41) is 3.18. The molecule has 0 aliphatic heterocycles. The monoisotopic (exact) mass is 235 g/mol. The first-order valence-electron chi connectivity index (χ1n) is 7.50. The third kappa shape index (κ3) is 2.00. The highest BCUT2D eigenvalue weighted by Gasteiger charge is 2.52. The van der Waals surface area contributed by atoms with Crippen LogP contribution in [0.15, 0.2) is 0 Å². The number of amides is 1. The zero-order valence-corrected chi connectivity index (χ0v) is 11.0. The van der Waals surface area contributed by atoms with Crippen LogP contribution in [0, 0.1) is 23.2 Å². The van der Waals surface area contributed by atoms with Gasteiger partial charge in [-0.2, -0.15) is 0 Å². The second-order valence-corrected chi connectivity index (χ2v) is 6.80. The lowest BCUT2D eigenvalue weighted by Gasteiger charge is -2.47. The molecule has 0 heterocycles. The van der Waals surface area contributed by atoms with Gasteiger partial charge in [-0.15, -0.1) is 0 Å². The van der Waals surface area contributed by atoms with Crippen molar-refractivity contribution in [1.29, 1.82) is 0 Å². The van der Waals surface area contributed by atoms with E-state index in [0.29, 0.717) is 5.91 Å².